The second-order valence-corrected chi connectivity index (χ2v) is 2.21. The van der Waals surface area contributed by atoms with E-state index in [2.05, 4.69) is 0 Å². The van der Waals surface area contributed by atoms with E-state index in [0.29, 0.717) is 0 Å². The molecule has 0 aromatic heterocycles. The molecule has 2 atom stereocenters. The minimum Gasteiger partial charge on any atom is -0.394 e. The van der Waals surface area contributed by atoms with Gasteiger partial charge in [0, 0.05) is 0 Å². The zero-order valence-electron chi connectivity index (χ0n) is 6.27. The topological polar surface area (TPSA) is 77.8 Å². The molecule has 0 bridgehead atoms. The highest BCUT2D eigenvalue weighted by molar-refractivity contribution is 5.87. The lowest BCUT2D eigenvalue weighted by atomic mass is 10.2. The van der Waals surface area contributed by atoms with Crippen molar-refractivity contribution < 1.29 is 20.1 Å². The normalized spacial score (nSPS) is 16.7. The molecule has 4 heteroatoms. The molecular weight excluding hydrogens is 148 g/mol. The molecule has 2 unspecified atom stereocenters. The van der Waals surface area contributed by atoms with Crippen molar-refractivity contribution in [1.82, 2.24) is 0 Å². The molecule has 4 nitrogen and oxygen atoms in total. The number of hydrogen-bond acceptors (Lipinski definition) is 4. The fourth-order valence-electron chi connectivity index (χ4n) is 0.470. The van der Waals surface area contributed by atoms with Gasteiger partial charge in [0.2, 0.25) is 0 Å². The number of ketones is 1. The zero-order valence-corrected chi connectivity index (χ0v) is 6.27. The third-order valence-corrected chi connectivity index (χ3v) is 1.11. The molecule has 0 fully saturated rings. The fraction of sp³-hybridized carbons (Fsp3) is 0.571. The molecular formula is C7H12O4. The van der Waals surface area contributed by atoms with Crippen molar-refractivity contribution in [3.8, 4) is 0 Å². The molecule has 0 aliphatic heterocycles. The van der Waals surface area contributed by atoms with Crippen LogP contribution in [0.3, 0.4) is 0 Å². The Labute approximate surface area is 64.8 Å². The summed E-state index contributed by atoms with van der Waals surface area (Å²) in [6.07, 6.45) is -0.109. The summed E-state index contributed by atoms with van der Waals surface area (Å²) in [4.78, 5) is 10.3. The minimum absolute atomic E-state index is 0.214. The van der Waals surface area contributed by atoms with E-state index < -0.39 is 18.8 Å². The molecule has 0 rings (SSSR count). The lowest BCUT2D eigenvalue weighted by Gasteiger charge is -2.09. The van der Waals surface area contributed by atoms with Crippen molar-refractivity contribution in [1.29, 1.82) is 0 Å². The van der Waals surface area contributed by atoms with Crippen molar-refractivity contribution in [2.75, 3.05) is 6.61 Å². The second-order valence-electron chi connectivity index (χ2n) is 2.21. The van der Waals surface area contributed by atoms with Crippen molar-refractivity contribution in [2.24, 2.45) is 0 Å². The van der Waals surface area contributed by atoms with Crippen LogP contribution in [0.2, 0.25) is 0 Å². The van der Waals surface area contributed by atoms with Crippen LogP contribution in [-0.2, 0) is 4.79 Å². The molecule has 0 aromatic rings. The van der Waals surface area contributed by atoms with E-state index in [1.165, 1.54) is 6.92 Å². The number of hydrogen-bond donors (Lipinski definition) is 3. The van der Waals surface area contributed by atoms with Gasteiger partial charge in [-0.25, -0.2) is 0 Å². The first-order valence-electron chi connectivity index (χ1n) is 3.23. The summed E-state index contributed by atoms with van der Waals surface area (Å²) in [6.45, 7) is 0.804. The number of allylic oxidation sites excluding steroid dienone is 1. The highest BCUT2D eigenvalue weighted by atomic mass is 16.4. The van der Waals surface area contributed by atoms with E-state index in [1.54, 1.807) is 0 Å². The Morgan fingerprint density at radius 2 is 2.09 bits per heavy atom. The smallest absolute Gasteiger partial charge is 0.152 e. The van der Waals surface area contributed by atoms with Gasteiger partial charge >= 0.3 is 0 Å². The summed E-state index contributed by atoms with van der Waals surface area (Å²) in [5.41, 5.74) is 0. The first kappa shape index (κ1) is 10.3. The van der Waals surface area contributed by atoms with Crippen LogP contribution in [0.15, 0.2) is 12.2 Å². The van der Waals surface area contributed by atoms with Crippen LogP contribution in [0.25, 0.3) is 0 Å². The van der Waals surface area contributed by atoms with E-state index in [9.17, 15) is 4.79 Å². The zero-order chi connectivity index (χ0) is 8.85. The van der Waals surface area contributed by atoms with Gasteiger partial charge in [-0.05, 0) is 13.0 Å². The molecule has 0 aliphatic carbocycles. The monoisotopic (exact) mass is 160 g/mol. The molecule has 0 amide bonds. The van der Waals surface area contributed by atoms with Crippen LogP contribution in [0, 0.1) is 0 Å². The molecule has 0 radical (unpaired) electrons. The van der Waals surface area contributed by atoms with E-state index in [0.717, 1.165) is 12.2 Å². The number of aliphatic hydroxyl groups excluding tert-OH is 3. The Hall–Kier alpha value is -0.710. The SMILES string of the molecule is CC(=O)/C=C/C(O)C(O)CO. The molecule has 0 saturated carbocycles. The van der Waals surface area contributed by atoms with Gasteiger partial charge in [0.25, 0.3) is 0 Å². The van der Waals surface area contributed by atoms with Gasteiger partial charge in [0.15, 0.2) is 5.78 Å². The number of rotatable bonds is 4. The molecule has 64 valence electrons. The second kappa shape index (κ2) is 5.01. The Morgan fingerprint density at radius 3 is 2.45 bits per heavy atom. The van der Waals surface area contributed by atoms with Crippen molar-refractivity contribution >= 4 is 5.78 Å². The molecule has 0 saturated heterocycles. The summed E-state index contributed by atoms with van der Waals surface area (Å²) in [5, 5.41) is 26.0. The number of carbonyl (C=O) groups is 1. The van der Waals surface area contributed by atoms with Crippen LogP contribution in [0.5, 0.6) is 0 Å². The first-order chi connectivity index (χ1) is 5.07. The number of carbonyl (C=O) groups excluding carboxylic acids is 1. The highest BCUT2D eigenvalue weighted by Gasteiger charge is 2.10. The third-order valence-electron chi connectivity index (χ3n) is 1.11. The first-order valence-corrected chi connectivity index (χ1v) is 3.23. The van der Waals surface area contributed by atoms with Crippen LogP contribution in [0.4, 0.5) is 0 Å². The van der Waals surface area contributed by atoms with Gasteiger partial charge in [0.05, 0.1) is 6.61 Å². The summed E-state index contributed by atoms with van der Waals surface area (Å²) >= 11 is 0. The molecule has 0 aliphatic rings. The van der Waals surface area contributed by atoms with E-state index >= 15 is 0 Å². The molecule has 0 heterocycles. The Balaban J connectivity index is 3.85. The predicted octanol–water partition coefficient (Wildman–Crippen LogP) is -1.15. The fourth-order valence-corrected chi connectivity index (χ4v) is 0.470. The average molecular weight is 160 g/mol. The molecule has 3 N–H and O–H groups in total. The van der Waals surface area contributed by atoms with Crippen LogP contribution < -0.4 is 0 Å². The van der Waals surface area contributed by atoms with Crippen LogP contribution in [-0.4, -0.2) is 39.9 Å². The van der Waals surface area contributed by atoms with Gasteiger partial charge in [0.1, 0.15) is 12.2 Å². The predicted molar refractivity (Wildman–Crippen MR) is 38.9 cm³/mol. The maximum Gasteiger partial charge on any atom is 0.152 e. The maximum absolute atomic E-state index is 10.3. The van der Waals surface area contributed by atoms with Crippen LogP contribution >= 0.6 is 0 Å². The minimum atomic E-state index is -1.22. The Morgan fingerprint density at radius 1 is 1.55 bits per heavy atom. The Bertz CT molecular complexity index is 153. The van der Waals surface area contributed by atoms with Gasteiger partial charge < -0.3 is 15.3 Å². The number of aliphatic hydroxyl groups is 3. The van der Waals surface area contributed by atoms with E-state index in [1.807, 2.05) is 0 Å². The highest BCUT2D eigenvalue weighted by Crippen LogP contribution is 1.94. The summed E-state index contributed by atoms with van der Waals surface area (Å²) in [6, 6.07) is 0. The summed E-state index contributed by atoms with van der Waals surface area (Å²) < 4.78 is 0. The van der Waals surface area contributed by atoms with E-state index in [4.69, 9.17) is 15.3 Å². The average Bonchev–Trinajstić information content (AvgIpc) is 1.98. The summed E-state index contributed by atoms with van der Waals surface area (Å²) in [5.74, 6) is -0.214. The van der Waals surface area contributed by atoms with Gasteiger partial charge in [-0.2, -0.15) is 0 Å². The Kier molecular flexibility index (Phi) is 4.69. The van der Waals surface area contributed by atoms with E-state index in [-0.39, 0.29) is 5.78 Å². The molecule has 11 heavy (non-hydrogen) atoms. The lowest BCUT2D eigenvalue weighted by molar-refractivity contribution is -0.112. The largest absolute Gasteiger partial charge is 0.394 e. The maximum atomic E-state index is 10.3. The van der Waals surface area contributed by atoms with Gasteiger partial charge in [-0.15, -0.1) is 0 Å². The molecule has 0 spiro atoms. The molecule has 0 aromatic carbocycles. The van der Waals surface area contributed by atoms with Gasteiger partial charge in [-0.3, -0.25) is 4.79 Å². The standard InChI is InChI=1S/C7H12O4/c1-5(9)2-3-6(10)7(11)4-8/h2-3,6-8,10-11H,4H2,1H3/b3-2+. The van der Waals surface area contributed by atoms with Crippen LogP contribution in [0.1, 0.15) is 6.92 Å². The van der Waals surface area contributed by atoms with Gasteiger partial charge in [-0.1, -0.05) is 6.08 Å². The van der Waals surface area contributed by atoms with Crippen molar-refractivity contribution in [3.05, 3.63) is 12.2 Å². The van der Waals surface area contributed by atoms with Crippen molar-refractivity contribution in [2.45, 2.75) is 19.1 Å². The third kappa shape index (κ3) is 4.66. The van der Waals surface area contributed by atoms with Crippen molar-refractivity contribution in [3.63, 3.8) is 0 Å². The lowest BCUT2D eigenvalue weighted by Crippen LogP contribution is -2.27. The quantitative estimate of drug-likeness (QED) is 0.453. The summed E-state index contributed by atoms with van der Waals surface area (Å²) in [7, 11) is 0.